The third-order valence-electron chi connectivity index (χ3n) is 8.94. The molecule has 2 unspecified atom stereocenters. The highest BCUT2D eigenvalue weighted by Gasteiger charge is 2.33. The Hall–Kier alpha value is -3.35. The third-order valence-corrected chi connectivity index (χ3v) is 9.93. The Morgan fingerprint density at radius 1 is 0.979 bits per heavy atom. The molecule has 2 aliphatic rings. The Balaban J connectivity index is 1.24. The van der Waals surface area contributed by atoms with Crippen molar-refractivity contribution in [3.63, 3.8) is 0 Å². The molecule has 0 spiro atoms. The van der Waals surface area contributed by atoms with E-state index >= 15 is 0 Å². The molecule has 1 saturated heterocycles. The predicted molar refractivity (Wildman–Crippen MR) is 182 cm³/mol. The van der Waals surface area contributed by atoms with E-state index in [1.165, 1.54) is 11.6 Å². The summed E-state index contributed by atoms with van der Waals surface area (Å²) >= 11 is 6.10. The van der Waals surface area contributed by atoms with Crippen LogP contribution in [-0.4, -0.2) is 75.1 Å². The number of rotatable bonds is 14. The molecule has 2 aliphatic heterocycles. The van der Waals surface area contributed by atoms with E-state index in [4.69, 9.17) is 11.6 Å². The monoisotopic (exact) mass is 683 g/mol. The van der Waals surface area contributed by atoms with Gasteiger partial charge < -0.3 is 15.5 Å². The summed E-state index contributed by atoms with van der Waals surface area (Å²) < 4.78 is 40.4. The minimum Gasteiger partial charge on any atom is -0.344 e. The molecule has 3 atom stereocenters. The van der Waals surface area contributed by atoms with Gasteiger partial charge in [-0.05, 0) is 47.7 Å². The average Bonchev–Trinajstić information content (AvgIpc) is 3.45. The van der Waals surface area contributed by atoms with E-state index in [0.717, 1.165) is 17.4 Å². The van der Waals surface area contributed by atoms with Gasteiger partial charge in [-0.1, -0.05) is 72.6 Å². The van der Waals surface area contributed by atoms with Crippen molar-refractivity contribution in [3.8, 4) is 0 Å². The van der Waals surface area contributed by atoms with Gasteiger partial charge in [-0.3, -0.25) is 14.5 Å². The van der Waals surface area contributed by atoms with Crippen LogP contribution in [0, 0.1) is 5.82 Å². The Labute approximate surface area is 281 Å². The number of amides is 2. The van der Waals surface area contributed by atoms with Crippen molar-refractivity contribution >= 4 is 33.4 Å². The molecule has 0 bridgehead atoms. The van der Waals surface area contributed by atoms with Gasteiger partial charge in [0.1, 0.15) is 11.9 Å². The topological polar surface area (TPSA) is 111 Å². The summed E-state index contributed by atoms with van der Waals surface area (Å²) in [5.74, 6) is -0.632. The number of nitrogens with zero attached hydrogens (tertiary/aromatic N) is 2. The number of nitrogens with one attached hydrogen (secondary N) is 3. The first-order valence-corrected chi connectivity index (χ1v) is 18.4. The van der Waals surface area contributed by atoms with Crippen LogP contribution in [0.3, 0.4) is 0 Å². The van der Waals surface area contributed by atoms with Crippen LogP contribution in [0.25, 0.3) is 0 Å². The van der Waals surface area contributed by atoms with Crippen LogP contribution < -0.4 is 15.4 Å². The zero-order valence-electron chi connectivity index (χ0n) is 26.6. The minimum atomic E-state index is -3.27. The summed E-state index contributed by atoms with van der Waals surface area (Å²) in [5, 5.41) is 7.04. The molecular weight excluding hydrogens is 641 g/mol. The van der Waals surface area contributed by atoms with Crippen LogP contribution in [0.1, 0.15) is 60.0 Å². The molecular formula is C35H43ClFN5O4S. The van der Waals surface area contributed by atoms with Crippen LogP contribution >= 0.6 is 11.6 Å². The highest BCUT2D eigenvalue weighted by molar-refractivity contribution is 7.88. The van der Waals surface area contributed by atoms with E-state index in [0.29, 0.717) is 75.5 Å². The van der Waals surface area contributed by atoms with Crippen LogP contribution in [0.5, 0.6) is 0 Å². The van der Waals surface area contributed by atoms with Gasteiger partial charge in [-0.15, -0.1) is 0 Å². The number of carbonyl (C=O) groups excluding carboxylic acids is 2. The van der Waals surface area contributed by atoms with Crippen LogP contribution in [-0.2, 0) is 32.6 Å². The fourth-order valence-corrected chi connectivity index (χ4v) is 7.17. The van der Waals surface area contributed by atoms with Crippen LogP contribution in [0.15, 0.2) is 72.8 Å². The highest BCUT2D eigenvalue weighted by atomic mass is 35.5. The summed E-state index contributed by atoms with van der Waals surface area (Å²) in [6.07, 6.45) is 3.66. The molecule has 252 valence electrons. The lowest BCUT2D eigenvalue weighted by atomic mass is 9.97. The van der Waals surface area contributed by atoms with Gasteiger partial charge in [0, 0.05) is 74.8 Å². The van der Waals surface area contributed by atoms with Gasteiger partial charge in [0.05, 0.1) is 6.26 Å². The number of benzene rings is 3. The van der Waals surface area contributed by atoms with Crippen molar-refractivity contribution in [2.45, 2.75) is 56.8 Å². The summed E-state index contributed by atoms with van der Waals surface area (Å²) in [7, 11) is -3.27. The second-order valence-electron chi connectivity index (χ2n) is 12.3. The number of hydrogen-bond donors (Lipinski definition) is 3. The third kappa shape index (κ3) is 9.84. The number of hydrogen-bond acceptors (Lipinski definition) is 6. The maximum atomic E-state index is 15.0. The van der Waals surface area contributed by atoms with Gasteiger partial charge >= 0.3 is 0 Å². The van der Waals surface area contributed by atoms with E-state index in [1.807, 2.05) is 36.4 Å². The Kier molecular flexibility index (Phi) is 12.0. The second-order valence-corrected chi connectivity index (χ2v) is 14.6. The first kappa shape index (κ1) is 35.0. The number of piperazine rings is 1. The van der Waals surface area contributed by atoms with Gasteiger partial charge in [0.2, 0.25) is 21.8 Å². The maximum absolute atomic E-state index is 15.0. The fraction of sp³-hybridized carbons (Fsp3) is 0.429. The van der Waals surface area contributed by atoms with Crippen molar-refractivity contribution < 1.29 is 22.4 Å². The molecule has 12 heteroatoms. The standard InChI is InChI=1S/C35H43ClFN5O4S/c1-47(45,46)39-17-7-6-12-33(29-10-4-5-11-30(29)37)41-18-20-42(21-19-41)35(44)32(22-25-13-15-27(36)16-14-25)40-34(43)23-31-28-9-3-2-8-26(28)24-38-31/h2-5,8-11,13-16,31-33,38-39H,6-7,12,17-24H2,1H3,(H,40,43)/t31?,32-,33?/m1/s1. The smallest absolute Gasteiger partial charge is 0.245 e. The predicted octanol–water partition coefficient (Wildman–Crippen LogP) is 4.35. The molecule has 5 rings (SSSR count). The molecule has 0 aliphatic carbocycles. The lowest BCUT2D eigenvalue weighted by Gasteiger charge is -2.40. The van der Waals surface area contributed by atoms with Crippen LogP contribution in [0.2, 0.25) is 5.02 Å². The normalized spacial score (nSPS) is 18.0. The van der Waals surface area contributed by atoms with E-state index in [2.05, 4.69) is 26.3 Å². The van der Waals surface area contributed by atoms with Crippen molar-refractivity contribution in [1.82, 2.24) is 25.2 Å². The number of halogens is 2. The first-order chi connectivity index (χ1) is 22.6. The van der Waals surface area contributed by atoms with Crippen LogP contribution in [0.4, 0.5) is 4.39 Å². The first-order valence-electron chi connectivity index (χ1n) is 16.1. The molecule has 2 heterocycles. The van der Waals surface area contributed by atoms with Crippen molar-refractivity contribution in [2.24, 2.45) is 0 Å². The Morgan fingerprint density at radius 3 is 2.40 bits per heavy atom. The quantitative estimate of drug-likeness (QED) is 0.218. The van der Waals surface area contributed by atoms with Crippen molar-refractivity contribution in [3.05, 3.63) is 106 Å². The zero-order chi connectivity index (χ0) is 33.4. The molecule has 3 N–H and O–H groups in total. The molecule has 1 fully saturated rings. The lowest BCUT2D eigenvalue weighted by molar-refractivity contribution is -0.138. The molecule has 0 saturated carbocycles. The van der Waals surface area contributed by atoms with E-state index in [-0.39, 0.29) is 36.1 Å². The second kappa shape index (κ2) is 16.2. The minimum absolute atomic E-state index is 0.112. The number of carbonyl (C=O) groups is 2. The molecule has 3 aromatic carbocycles. The summed E-state index contributed by atoms with van der Waals surface area (Å²) in [5.41, 5.74) is 3.77. The van der Waals surface area contributed by atoms with Crippen molar-refractivity contribution in [1.29, 1.82) is 0 Å². The number of fused-ring (bicyclic) bond motifs is 1. The van der Waals surface area contributed by atoms with Crippen molar-refractivity contribution in [2.75, 3.05) is 39.0 Å². The van der Waals surface area contributed by atoms with Gasteiger partial charge in [-0.25, -0.2) is 17.5 Å². The average molecular weight is 684 g/mol. The van der Waals surface area contributed by atoms with Gasteiger partial charge in [-0.2, -0.15) is 0 Å². The lowest BCUT2D eigenvalue weighted by Crippen LogP contribution is -2.56. The molecule has 0 aromatic heterocycles. The molecule has 2 amide bonds. The number of unbranched alkanes of at least 4 members (excludes halogenated alkanes) is 1. The van der Waals surface area contributed by atoms with Gasteiger partial charge in [0.25, 0.3) is 0 Å². The molecule has 3 aromatic rings. The van der Waals surface area contributed by atoms with E-state index in [9.17, 15) is 22.4 Å². The Morgan fingerprint density at radius 2 is 1.68 bits per heavy atom. The van der Waals surface area contributed by atoms with Gasteiger partial charge in [0.15, 0.2) is 0 Å². The molecule has 47 heavy (non-hydrogen) atoms. The fourth-order valence-electron chi connectivity index (χ4n) is 6.53. The zero-order valence-corrected chi connectivity index (χ0v) is 28.2. The maximum Gasteiger partial charge on any atom is 0.245 e. The largest absolute Gasteiger partial charge is 0.344 e. The summed E-state index contributed by atoms with van der Waals surface area (Å²) in [6.45, 7) is 2.98. The summed E-state index contributed by atoms with van der Waals surface area (Å²) in [4.78, 5) is 31.3. The van der Waals surface area contributed by atoms with E-state index in [1.54, 1.807) is 29.2 Å². The number of sulfonamides is 1. The Bertz CT molecular complexity index is 1630. The molecule has 9 nitrogen and oxygen atoms in total. The SMILES string of the molecule is CS(=O)(=O)NCCCCC(c1ccccc1F)N1CCN(C(=O)[C@@H](Cc2ccc(Cl)cc2)NC(=O)CC2NCc3ccccc32)CC1. The molecule has 0 radical (unpaired) electrons. The highest BCUT2D eigenvalue weighted by Crippen LogP contribution is 2.30. The summed E-state index contributed by atoms with van der Waals surface area (Å²) in [6, 6.07) is 21.0. The van der Waals surface area contributed by atoms with E-state index < -0.39 is 16.1 Å².